The van der Waals surface area contributed by atoms with E-state index in [1.807, 2.05) is 13.0 Å². The maximum atomic E-state index is 13.3. The maximum Gasteiger partial charge on any atom is 0.419 e. The molecule has 0 amide bonds. The van der Waals surface area contributed by atoms with Crippen LogP contribution in [0.5, 0.6) is 0 Å². The minimum atomic E-state index is -4.72. The van der Waals surface area contributed by atoms with E-state index in [0.29, 0.717) is 11.1 Å². The van der Waals surface area contributed by atoms with Crippen LogP contribution in [-0.4, -0.2) is 0 Å². The Morgan fingerprint density at radius 1 is 1.05 bits per heavy atom. The van der Waals surface area contributed by atoms with Crippen molar-refractivity contribution in [2.75, 3.05) is 0 Å². The fourth-order valence-electron chi connectivity index (χ4n) is 2.05. The van der Waals surface area contributed by atoms with Crippen molar-refractivity contribution in [3.63, 3.8) is 0 Å². The zero-order valence-corrected chi connectivity index (χ0v) is 10.8. The third-order valence-electron chi connectivity index (χ3n) is 3.07. The van der Waals surface area contributed by atoms with Crippen LogP contribution in [0.15, 0.2) is 36.4 Å². The first-order chi connectivity index (χ1) is 9.32. The van der Waals surface area contributed by atoms with Gasteiger partial charge in [-0.15, -0.1) is 0 Å². The van der Waals surface area contributed by atoms with Crippen LogP contribution in [0.1, 0.15) is 16.7 Å². The third kappa shape index (κ3) is 2.82. The highest BCUT2D eigenvalue weighted by molar-refractivity contribution is 5.69. The summed E-state index contributed by atoms with van der Waals surface area (Å²) in [6.45, 7) is 2.03. The van der Waals surface area contributed by atoms with Gasteiger partial charge < -0.3 is 5.73 Å². The summed E-state index contributed by atoms with van der Waals surface area (Å²) in [6, 6.07) is 8.33. The van der Waals surface area contributed by atoms with Gasteiger partial charge in [-0.25, -0.2) is 4.39 Å². The molecular formula is C15H13F4N. The average Bonchev–Trinajstić information content (AvgIpc) is 2.38. The zero-order chi connectivity index (χ0) is 14.9. The highest BCUT2D eigenvalue weighted by Crippen LogP contribution is 2.35. The highest BCUT2D eigenvalue weighted by Gasteiger charge is 2.34. The van der Waals surface area contributed by atoms with Gasteiger partial charge >= 0.3 is 6.18 Å². The molecule has 2 aromatic rings. The summed E-state index contributed by atoms with van der Waals surface area (Å²) < 4.78 is 51.5. The lowest BCUT2D eigenvalue weighted by atomic mass is 9.96. The predicted molar refractivity (Wildman–Crippen MR) is 69.5 cm³/mol. The van der Waals surface area contributed by atoms with Crippen molar-refractivity contribution in [1.29, 1.82) is 0 Å². The molecule has 0 fully saturated rings. The second kappa shape index (κ2) is 5.25. The Morgan fingerprint density at radius 2 is 1.75 bits per heavy atom. The summed E-state index contributed by atoms with van der Waals surface area (Å²) in [5, 5.41) is 0. The maximum absolute atomic E-state index is 13.3. The number of rotatable bonds is 2. The van der Waals surface area contributed by atoms with Crippen molar-refractivity contribution in [3.8, 4) is 11.1 Å². The molecule has 2 aromatic carbocycles. The fourth-order valence-corrected chi connectivity index (χ4v) is 2.05. The smallest absolute Gasteiger partial charge is 0.326 e. The van der Waals surface area contributed by atoms with E-state index in [0.717, 1.165) is 23.3 Å². The molecule has 0 radical (unpaired) electrons. The molecule has 1 nitrogen and oxygen atoms in total. The minimum Gasteiger partial charge on any atom is -0.326 e. The van der Waals surface area contributed by atoms with Crippen LogP contribution < -0.4 is 5.73 Å². The van der Waals surface area contributed by atoms with Crippen LogP contribution in [0.4, 0.5) is 17.6 Å². The van der Waals surface area contributed by atoms with E-state index >= 15 is 0 Å². The summed E-state index contributed by atoms with van der Waals surface area (Å²) in [7, 11) is 0. The summed E-state index contributed by atoms with van der Waals surface area (Å²) in [5.41, 5.74) is 6.85. The topological polar surface area (TPSA) is 26.0 Å². The Kier molecular flexibility index (Phi) is 3.81. The molecule has 2 N–H and O–H groups in total. The molecule has 0 spiro atoms. The number of nitrogens with two attached hydrogens (primary N) is 1. The fraction of sp³-hybridized carbons (Fsp3) is 0.200. The van der Waals surface area contributed by atoms with Crippen LogP contribution in [0.25, 0.3) is 11.1 Å². The quantitative estimate of drug-likeness (QED) is 0.818. The molecule has 0 aromatic heterocycles. The summed E-state index contributed by atoms with van der Waals surface area (Å²) in [5.74, 6) is -1.27. The minimum absolute atomic E-state index is 0.203. The highest BCUT2D eigenvalue weighted by atomic mass is 19.4. The largest absolute Gasteiger partial charge is 0.419 e. The van der Waals surface area contributed by atoms with E-state index in [2.05, 4.69) is 0 Å². The molecule has 0 aliphatic carbocycles. The lowest BCUT2D eigenvalue weighted by Gasteiger charge is -2.13. The van der Waals surface area contributed by atoms with Gasteiger partial charge in [0.2, 0.25) is 0 Å². The first kappa shape index (κ1) is 14.5. The second-order valence-electron chi connectivity index (χ2n) is 4.56. The molecule has 0 atom stereocenters. The van der Waals surface area contributed by atoms with Crippen molar-refractivity contribution < 1.29 is 17.6 Å². The molecule has 0 aliphatic heterocycles. The average molecular weight is 283 g/mol. The number of benzene rings is 2. The van der Waals surface area contributed by atoms with Gasteiger partial charge in [0, 0.05) is 6.54 Å². The van der Waals surface area contributed by atoms with Crippen LogP contribution in [0, 0.1) is 12.7 Å². The molecule has 106 valence electrons. The molecule has 0 saturated carbocycles. The number of hydrogen-bond acceptors (Lipinski definition) is 1. The molecule has 0 bridgehead atoms. The molecule has 5 heteroatoms. The van der Waals surface area contributed by atoms with Gasteiger partial charge in [0.25, 0.3) is 0 Å². The van der Waals surface area contributed by atoms with E-state index in [1.165, 1.54) is 6.07 Å². The van der Waals surface area contributed by atoms with Crippen LogP contribution in [-0.2, 0) is 12.7 Å². The van der Waals surface area contributed by atoms with Crippen LogP contribution >= 0.6 is 0 Å². The van der Waals surface area contributed by atoms with Crippen molar-refractivity contribution in [1.82, 2.24) is 0 Å². The van der Waals surface area contributed by atoms with Crippen molar-refractivity contribution >= 4 is 0 Å². The van der Waals surface area contributed by atoms with E-state index in [-0.39, 0.29) is 6.54 Å². The predicted octanol–water partition coefficient (Wildman–Crippen LogP) is 4.28. The number of aryl methyl sites for hydroxylation is 1. The van der Waals surface area contributed by atoms with Gasteiger partial charge in [0.05, 0.1) is 5.56 Å². The number of alkyl halides is 3. The summed E-state index contributed by atoms with van der Waals surface area (Å²) in [4.78, 5) is 0. The van der Waals surface area contributed by atoms with Gasteiger partial charge in [-0.05, 0) is 35.7 Å². The van der Waals surface area contributed by atoms with E-state index in [1.54, 1.807) is 12.1 Å². The Bertz CT molecular complexity index is 632. The van der Waals surface area contributed by atoms with Gasteiger partial charge in [0.15, 0.2) is 0 Å². The van der Waals surface area contributed by atoms with Crippen LogP contribution in [0.3, 0.4) is 0 Å². The summed E-state index contributed by atoms with van der Waals surface area (Å²) in [6.07, 6.45) is -4.72. The molecule has 0 unspecified atom stereocenters. The van der Waals surface area contributed by atoms with E-state index in [4.69, 9.17) is 5.73 Å². The SMILES string of the molecule is Cc1ccc(CN)c(-c2ccc(F)c(C(F)(F)F)c2)c1. The normalized spacial score (nSPS) is 11.7. The number of halogens is 4. The lowest BCUT2D eigenvalue weighted by Crippen LogP contribution is -2.08. The van der Waals surface area contributed by atoms with Gasteiger partial charge in [-0.2, -0.15) is 13.2 Å². The molecule has 2 rings (SSSR count). The van der Waals surface area contributed by atoms with Crippen molar-refractivity contribution in [2.24, 2.45) is 5.73 Å². The summed E-state index contributed by atoms with van der Waals surface area (Å²) >= 11 is 0. The molecule has 0 saturated heterocycles. The Balaban J connectivity index is 2.62. The third-order valence-corrected chi connectivity index (χ3v) is 3.07. The van der Waals surface area contributed by atoms with E-state index in [9.17, 15) is 17.6 Å². The first-order valence-corrected chi connectivity index (χ1v) is 5.99. The lowest BCUT2D eigenvalue weighted by molar-refractivity contribution is -0.139. The Hall–Kier alpha value is -1.88. The zero-order valence-electron chi connectivity index (χ0n) is 10.8. The first-order valence-electron chi connectivity index (χ1n) is 5.99. The Labute approximate surface area is 114 Å². The molecule has 0 aliphatic rings. The van der Waals surface area contributed by atoms with Gasteiger partial charge in [0.1, 0.15) is 5.82 Å². The second-order valence-corrected chi connectivity index (χ2v) is 4.56. The standard InChI is InChI=1S/C15H13F4N/c1-9-2-3-11(8-20)12(6-9)10-4-5-14(16)13(7-10)15(17,18)19/h2-7H,8,20H2,1H3. The molecular weight excluding hydrogens is 270 g/mol. The molecule has 20 heavy (non-hydrogen) atoms. The van der Waals surface area contributed by atoms with Crippen molar-refractivity contribution in [3.05, 3.63) is 58.9 Å². The monoisotopic (exact) mass is 283 g/mol. The van der Waals surface area contributed by atoms with Gasteiger partial charge in [-0.1, -0.05) is 29.8 Å². The van der Waals surface area contributed by atoms with Crippen LogP contribution in [0.2, 0.25) is 0 Å². The van der Waals surface area contributed by atoms with E-state index < -0.39 is 17.6 Å². The molecule has 0 heterocycles. The Morgan fingerprint density at radius 3 is 2.35 bits per heavy atom. The van der Waals surface area contributed by atoms with Crippen molar-refractivity contribution in [2.45, 2.75) is 19.6 Å². The number of hydrogen-bond donors (Lipinski definition) is 1. The van der Waals surface area contributed by atoms with Gasteiger partial charge in [-0.3, -0.25) is 0 Å².